The first-order chi connectivity index (χ1) is 12.2. The molecule has 7 nitrogen and oxygen atoms in total. The quantitative estimate of drug-likeness (QED) is 0.867. The summed E-state index contributed by atoms with van der Waals surface area (Å²) in [5.41, 5.74) is 5.22. The number of rotatable bonds is 5. The summed E-state index contributed by atoms with van der Waals surface area (Å²) in [6.45, 7) is 1.17. The second-order valence-corrected chi connectivity index (χ2v) is 6.28. The van der Waals surface area contributed by atoms with E-state index < -0.39 is 23.6 Å². The molecule has 0 saturated heterocycles. The van der Waals surface area contributed by atoms with Crippen LogP contribution in [0.5, 0.6) is 0 Å². The Labute approximate surface area is 146 Å². The van der Waals surface area contributed by atoms with E-state index in [-0.39, 0.29) is 35.5 Å². The lowest BCUT2D eigenvalue weighted by Gasteiger charge is -2.14. The third-order valence-corrected chi connectivity index (χ3v) is 4.39. The largest absolute Gasteiger partial charge is 0.435 e. The molecule has 0 spiro atoms. The second kappa shape index (κ2) is 6.58. The fourth-order valence-electron chi connectivity index (χ4n) is 3.28. The molecule has 0 atom stereocenters. The van der Waals surface area contributed by atoms with Gasteiger partial charge in [0.05, 0.1) is 12.1 Å². The normalized spacial score (nSPS) is 14.3. The van der Waals surface area contributed by atoms with Gasteiger partial charge in [-0.1, -0.05) is 5.16 Å². The second-order valence-electron chi connectivity index (χ2n) is 6.28. The van der Waals surface area contributed by atoms with Crippen LogP contribution in [-0.4, -0.2) is 26.6 Å². The molecule has 0 unspecified atom stereocenters. The van der Waals surface area contributed by atoms with E-state index in [4.69, 9.17) is 10.3 Å². The standard InChI is InChI=1S/C16H17F3N4O3/c1-8-13(15(20)25)12(26-22-8)6-9(24)7-23-11-5-3-2-4-10(11)14(21-23)16(17,18)19/h2-7H2,1H3,(H2,20,25). The summed E-state index contributed by atoms with van der Waals surface area (Å²) in [5, 5.41) is 7.25. The number of hydrogen-bond acceptors (Lipinski definition) is 5. The van der Waals surface area contributed by atoms with Crippen LogP contribution in [0.1, 0.15) is 51.6 Å². The third kappa shape index (κ3) is 3.35. The number of ketones is 1. The topological polar surface area (TPSA) is 104 Å². The predicted molar refractivity (Wildman–Crippen MR) is 82.3 cm³/mol. The minimum Gasteiger partial charge on any atom is -0.365 e. The highest BCUT2D eigenvalue weighted by atomic mass is 19.4. The van der Waals surface area contributed by atoms with Gasteiger partial charge in [-0.25, -0.2) is 0 Å². The van der Waals surface area contributed by atoms with Gasteiger partial charge in [0, 0.05) is 11.3 Å². The van der Waals surface area contributed by atoms with Crippen LogP contribution in [-0.2, 0) is 36.8 Å². The van der Waals surface area contributed by atoms with Crippen molar-refractivity contribution in [3.63, 3.8) is 0 Å². The minimum atomic E-state index is -4.56. The van der Waals surface area contributed by atoms with Gasteiger partial charge in [-0.15, -0.1) is 0 Å². The Balaban J connectivity index is 1.84. The SMILES string of the molecule is Cc1noc(CC(=O)Cn2nc(C(F)(F)F)c3c2CCCC3)c1C(N)=O. The van der Waals surface area contributed by atoms with Gasteiger partial charge in [-0.3, -0.25) is 14.3 Å². The molecule has 2 heterocycles. The van der Waals surface area contributed by atoms with Crippen molar-refractivity contribution in [2.45, 2.75) is 51.7 Å². The summed E-state index contributed by atoms with van der Waals surface area (Å²) in [5.74, 6) is -1.22. The zero-order valence-electron chi connectivity index (χ0n) is 14.0. The number of Topliss-reactive ketones (excluding diaryl/α,β-unsaturated/α-hetero) is 1. The summed E-state index contributed by atoms with van der Waals surface area (Å²) in [4.78, 5) is 23.7. The van der Waals surface area contributed by atoms with Crippen molar-refractivity contribution in [1.82, 2.24) is 14.9 Å². The molecule has 26 heavy (non-hydrogen) atoms. The van der Waals surface area contributed by atoms with Gasteiger partial charge in [0.2, 0.25) is 0 Å². The van der Waals surface area contributed by atoms with E-state index in [0.717, 1.165) is 11.1 Å². The Bertz CT molecular complexity index is 867. The lowest BCUT2D eigenvalue weighted by atomic mass is 9.95. The number of aromatic nitrogens is 3. The molecule has 0 bridgehead atoms. The summed E-state index contributed by atoms with van der Waals surface area (Å²) < 4.78 is 45.6. The molecule has 140 valence electrons. The van der Waals surface area contributed by atoms with Gasteiger partial charge in [-0.05, 0) is 32.6 Å². The number of carbonyl (C=O) groups is 2. The lowest BCUT2D eigenvalue weighted by molar-refractivity contribution is -0.142. The smallest absolute Gasteiger partial charge is 0.365 e. The molecule has 0 aromatic carbocycles. The molecule has 0 saturated carbocycles. The molecule has 1 aliphatic rings. The van der Waals surface area contributed by atoms with E-state index in [1.165, 1.54) is 6.92 Å². The number of aryl methyl sites for hydroxylation is 1. The Morgan fingerprint density at radius 1 is 1.27 bits per heavy atom. The van der Waals surface area contributed by atoms with Gasteiger partial charge in [0.15, 0.2) is 17.2 Å². The first-order valence-electron chi connectivity index (χ1n) is 8.11. The maximum atomic E-state index is 13.2. The van der Waals surface area contributed by atoms with E-state index >= 15 is 0 Å². The number of alkyl halides is 3. The monoisotopic (exact) mass is 370 g/mol. The highest BCUT2D eigenvalue weighted by molar-refractivity contribution is 5.96. The molecular formula is C16H17F3N4O3. The van der Waals surface area contributed by atoms with E-state index in [0.29, 0.717) is 25.0 Å². The van der Waals surface area contributed by atoms with Crippen molar-refractivity contribution in [1.29, 1.82) is 0 Å². The van der Waals surface area contributed by atoms with E-state index in [9.17, 15) is 22.8 Å². The van der Waals surface area contributed by atoms with Crippen molar-refractivity contribution in [3.05, 3.63) is 34.0 Å². The van der Waals surface area contributed by atoms with Crippen LogP contribution < -0.4 is 5.73 Å². The minimum absolute atomic E-state index is 0.0112. The predicted octanol–water partition coefficient (Wildman–Crippen LogP) is 1.99. The number of halogens is 3. The van der Waals surface area contributed by atoms with Crippen LogP contribution in [0.3, 0.4) is 0 Å². The van der Waals surface area contributed by atoms with Crippen LogP contribution in [0.25, 0.3) is 0 Å². The van der Waals surface area contributed by atoms with Crippen molar-refractivity contribution >= 4 is 11.7 Å². The van der Waals surface area contributed by atoms with Crippen LogP contribution in [0, 0.1) is 6.92 Å². The maximum Gasteiger partial charge on any atom is 0.435 e. The van der Waals surface area contributed by atoms with Crippen molar-refractivity contribution in [3.8, 4) is 0 Å². The summed E-state index contributed by atoms with van der Waals surface area (Å²) in [7, 11) is 0. The average molecular weight is 370 g/mol. The molecule has 2 N–H and O–H groups in total. The Morgan fingerprint density at radius 3 is 2.62 bits per heavy atom. The molecule has 0 aliphatic heterocycles. The van der Waals surface area contributed by atoms with Gasteiger partial charge < -0.3 is 10.3 Å². The number of primary amides is 1. The molecule has 1 aliphatic carbocycles. The van der Waals surface area contributed by atoms with Gasteiger partial charge in [0.1, 0.15) is 12.1 Å². The molecule has 2 aromatic rings. The maximum absolute atomic E-state index is 13.2. The van der Waals surface area contributed by atoms with Gasteiger partial charge in [-0.2, -0.15) is 18.3 Å². The van der Waals surface area contributed by atoms with Crippen LogP contribution in [0.15, 0.2) is 4.52 Å². The Morgan fingerprint density at radius 2 is 1.96 bits per heavy atom. The van der Waals surface area contributed by atoms with E-state index in [1.807, 2.05) is 0 Å². The zero-order valence-corrected chi connectivity index (χ0v) is 14.0. The van der Waals surface area contributed by atoms with Crippen molar-refractivity contribution in [2.75, 3.05) is 0 Å². The van der Waals surface area contributed by atoms with Crippen LogP contribution in [0.4, 0.5) is 13.2 Å². The van der Waals surface area contributed by atoms with E-state index in [1.54, 1.807) is 0 Å². The first-order valence-corrected chi connectivity index (χ1v) is 8.11. The third-order valence-electron chi connectivity index (χ3n) is 4.39. The average Bonchev–Trinajstić information content (AvgIpc) is 3.08. The molecule has 10 heteroatoms. The summed E-state index contributed by atoms with van der Waals surface area (Å²) >= 11 is 0. The number of hydrogen-bond donors (Lipinski definition) is 1. The molecule has 3 rings (SSSR count). The molecule has 2 aromatic heterocycles. The summed E-state index contributed by atoms with van der Waals surface area (Å²) in [6, 6.07) is 0. The molecular weight excluding hydrogens is 353 g/mol. The number of fused-ring (bicyclic) bond motifs is 1. The lowest BCUT2D eigenvalue weighted by Crippen LogP contribution is -2.19. The molecule has 0 fully saturated rings. The van der Waals surface area contributed by atoms with Gasteiger partial charge >= 0.3 is 6.18 Å². The highest BCUT2D eigenvalue weighted by Crippen LogP contribution is 2.35. The fraction of sp³-hybridized carbons (Fsp3) is 0.500. The van der Waals surface area contributed by atoms with Crippen LogP contribution >= 0.6 is 0 Å². The van der Waals surface area contributed by atoms with Crippen molar-refractivity contribution < 1.29 is 27.3 Å². The molecule has 1 amide bonds. The fourth-order valence-corrected chi connectivity index (χ4v) is 3.28. The summed E-state index contributed by atoms with van der Waals surface area (Å²) in [6.07, 6.45) is -2.70. The van der Waals surface area contributed by atoms with Gasteiger partial charge in [0.25, 0.3) is 5.91 Å². The van der Waals surface area contributed by atoms with Crippen molar-refractivity contribution in [2.24, 2.45) is 5.73 Å². The number of amides is 1. The Hall–Kier alpha value is -2.65. The number of nitrogens with two attached hydrogens (primary N) is 1. The Kier molecular flexibility index (Phi) is 4.59. The number of carbonyl (C=O) groups excluding carboxylic acids is 2. The van der Waals surface area contributed by atoms with Crippen LogP contribution in [0.2, 0.25) is 0 Å². The zero-order chi connectivity index (χ0) is 19.1. The highest BCUT2D eigenvalue weighted by Gasteiger charge is 2.39. The van der Waals surface area contributed by atoms with E-state index in [2.05, 4.69) is 10.3 Å². The number of nitrogens with zero attached hydrogens (tertiary/aromatic N) is 3. The first kappa shape index (κ1) is 18.2. The molecule has 0 radical (unpaired) electrons.